The lowest BCUT2D eigenvalue weighted by Gasteiger charge is -2.28. The number of anilines is 1. The minimum Gasteiger partial charge on any atom is -0.385 e. The summed E-state index contributed by atoms with van der Waals surface area (Å²) in [5.41, 5.74) is 0.912. The van der Waals surface area contributed by atoms with E-state index in [-0.39, 0.29) is 11.6 Å². The lowest BCUT2D eigenvalue weighted by molar-refractivity contribution is -0.384. The minimum absolute atomic E-state index is 0.0797. The SMILES string of the molecule is CCCN(C(=O)CCCNc1ccc([N+](=O)[O-])cc1)C1CCNC1. The molecule has 0 spiro atoms. The topological polar surface area (TPSA) is 87.5 Å². The van der Waals surface area contributed by atoms with Crippen LogP contribution in [-0.2, 0) is 4.79 Å². The lowest BCUT2D eigenvalue weighted by atomic mass is 10.1. The van der Waals surface area contributed by atoms with Gasteiger partial charge in [-0.1, -0.05) is 6.92 Å². The van der Waals surface area contributed by atoms with Crippen LogP contribution < -0.4 is 10.6 Å². The third-order valence-corrected chi connectivity index (χ3v) is 4.23. The van der Waals surface area contributed by atoms with Gasteiger partial charge in [0.1, 0.15) is 0 Å². The molecule has 1 aromatic carbocycles. The number of hydrogen-bond donors (Lipinski definition) is 2. The molecule has 2 rings (SSSR count). The first-order chi connectivity index (χ1) is 11.6. The summed E-state index contributed by atoms with van der Waals surface area (Å²) in [4.78, 5) is 24.7. The van der Waals surface area contributed by atoms with Gasteiger partial charge in [0.2, 0.25) is 5.91 Å². The Morgan fingerprint density at radius 3 is 2.75 bits per heavy atom. The molecule has 0 aliphatic carbocycles. The molecule has 1 aliphatic heterocycles. The summed E-state index contributed by atoms with van der Waals surface area (Å²) < 4.78 is 0. The summed E-state index contributed by atoms with van der Waals surface area (Å²) in [5.74, 6) is 0.219. The number of benzene rings is 1. The molecule has 24 heavy (non-hydrogen) atoms. The Bertz CT molecular complexity index is 541. The van der Waals surface area contributed by atoms with E-state index >= 15 is 0 Å². The Kier molecular flexibility index (Phi) is 6.99. The molecular weight excluding hydrogens is 308 g/mol. The van der Waals surface area contributed by atoms with Crippen molar-refractivity contribution in [3.8, 4) is 0 Å². The highest BCUT2D eigenvalue weighted by molar-refractivity contribution is 5.76. The van der Waals surface area contributed by atoms with E-state index in [0.717, 1.165) is 44.6 Å². The van der Waals surface area contributed by atoms with Crippen LogP contribution in [0.25, 0.3) is 0 Å². The molecule has 7 nitrogen and oxygen atoms in total. The largest absolute Gasteiger partial charge is 0.385 e. The molecule has 1 fully saturated rings. The molecule has 1 saturated heterocycles. The first-order valence-corrected chi connectivity index (χ1v) is 8.60. The molecule has 1 atom stereocenters. The van der Waals surface area contributed by atoms with Crippen molar-refractivity contribution in [3.05, 3.63) is 34.4 Å². The maximum atomic E-state index is 12.4. The first-order valence-electron chi connectivity index (χ1n) is 8.60. The van der Waals surface area contributed by atoms with Crippen molar-refractivity contribution in [2.45, 2.75) is 38.6 Å². The van der Waals surface area contributed by atoms with Crippen molar-refractivity contribution in [3.63, 3.8) is 0 Å². The van der Waals surface area contributed by atoms with E-state index in [2.05, 4.69) is 17.6 Å². The van der Waals surface area contributed by atoms with Gasteiger partial charge < -0.3 is 15.5 Å². The van der Waals surface area contributed by atoms with Crippen LogP contribution in [0, 0.1) is 10.1 Å². The van der Waals surface area contributed by atoms with Crippen LogP contribution in [0.4, 0.5) is 11.4 Å². The van der Waals surface area contributed by atoms with E-state index in [0.29, 0.717) is 19.0 Å². The average Bonchev–Trinajstić information content (AvgIpc) is 3.11. The van der Waals surface area contributed by atoms with Gasteiger partial charge in [0, 0.05) is 49.9 Å². The van der Waals surface area contributed by atoms with Gasteiger partial charge >= 0.3 is 0 Å². The fraction of sp³-hybridized carbons (Fsp3) is 0.588. The first kappa shape index (κ1) is 18.2. The van der Waals surface area contributed by atoms with Gasteiger partial charge in [-0.15, -0.1) is 0 Å². The normalized spacial score (nSPS) is 16.8. The highest BCUT2D eigenvalue weighted by Gasteiger charge is 2.25. The second kappa shape index (κ2) is 9.22. The number of hydrogen-bond acceptors (Lipinski definition) is 5. The Morgan fingerprint density at radius 1 is 1.42 bits per heavy atom. The monoisotopic (exact) mass is 334 g/mol. The van der Waals surface area contributed by atoms with Crippen molar-refractivity contribution in [2.75, 3.05) is 31.5 Å². The highest BCUT2D eigenvalue weighted by Crippen LogP contribution is 2.16. The van der Waals surface area contributed by atoms with Crippen molar-refractivity contribution in [1.82, 2.24) is 10.2 Å². The van der Waals surface area contributed by atoms with Crippen molar-refractivity contribution >= 4 is 17.3 Å². The van der Waals surface area contributed by atoms with Gasteiger partial charge in [-0.05, 0) is 37.9 Å². The molecule has 1 aromatic rings. The fourth-order valence-electron chi connectivity index (χ4n) is 2.97. The fourth-order valence-corrected chi connectivity index (χ4v) is 2.97. The predicted octanol–water partition coefficient (Wildman–Crippen LogP) is 2.39. The summed E-state index contributed by atoms with van der Waals surface area (Å²) in [7, 11) is 0. The summed E-state index contributed by atoms with van der Waals surface area (Å²) >= 11 is 0. The Hall–Kier alpha value is -2.15. The molecule has 0 aromatic heterocycles. The lowest BCUT2D eigenvalue weighted by Crippen LogP contribution is -2.42. The zero-order valence-electron chi connectivity index (χ0n) is 14.2. The number of amides is 1. The maximum absolute atomic E-state index is 12.4. The molecule has 0 saturated carbocycles. The van der Waals surface area contributed by atoms with Gasteiger partial charge in [0.25, 0.3) is 5.69 Å². The highest BCUT2D eigenvalue weighted by atomic mass is 16.6. The molecule has 0 radical (unpaired) electrons. The molecule has 1 aliphatic rings. The van der Waals surface area contributed by atoms with Crippen molar-refractivity contribution in [1.29, 1.82) is 0 Å². The third kappa shape index (κ3) is 5.19. The number of rotatable bonds is 9. The van der Waals surface area contributed by atoms with E-state index in [4.69, 9.17) is 0 Å². The Balaban J connectivity index is 1.73. The van der Waals surface area contributed by atoms with Crippen LogP contribution in [0.15, 0.2) is 24.3 Å². The molecule has 2 N–H and O–H groups in total. The molecule has 132 valence electrons. The van der Waals surface area contributed by atoms with Crippen LogP contribution in [0.2, 0.25) is 0 Å². The molecule has 0 bridgehead atoms. The Morgan fingerprint density at radius 2 is 2.17 bits per heavy atom. The average molecular weight is 334 g/mol. The number of nitrogens with one attached hydrogen (secondary N) is 2. The minimum atomic E-state index is -0.414. The van der Waals surface area contributed by atoms with E-state index < -0.39 is 4.92 Å². The van der Waals surface area contributed by atoms with Crippen LogP contribution >= 0.6 is 0 Å². The van der Waals surface area contributed by atoms with Crippen molar-refractivity contribution in [2.24, 2.45) is 0 Å². The molecule has 1 amide bonds. The number of carbonyl (C=O) groups excluding carboxylic acids is 1. The molecule has 1 heterocycles. The van der Waals surface area contributed by atoms with Crippen LogP contribution in [0.5, 0.6) is 0 Å². The van der Waals surface area contributed by atoms with Gasteiger partial charge in [0.15, 0.2) is 0 Å². The van der Waals surface area contributed by atoms with Crippen LogP contribution in [0.1, 0.15) is 32.6 Å². The zero-order chi connectivity index (χ0) is 17.4. The predicted molar refractivity (Wildman–Crippen MR) is 94.1 cm³/mol. The molecular formula is C17H26N4O3. The maximum Gasteiger partial charge on any atom is 0.269 e. The smallest absolute Gasteiger partial charge is 0.269 e. The number of nitrogens with zero attached hydrogens (tertiary/aromatic N) is 2. The number of non-ortho nitro benzene ring substituents is 1. The van der Waals surface area contributed by atoms with Gasteiger partial charge in [-0.3, -0.25) is 14.9 Å². The summed E-state index contributed by atoms with van der Waals surface area (Å²) in [6.45, 7) is 5.47. The standard InChI is InChI=1S/C17H26N4O3/c1-2-12-20(16-9-11-18-13-16)17(22)4-3-10-19-14-5-7-15(8-6-14)21(23)24/h5-8,16,18-19H,2-4,9-13H2,1H3. The van der Waals surface area contributed by atoms with E-state index in [1.54, 1.807) is 12.1 Å². The number of nitro benzene ring substituents is 1. The van der Waals surface area contributed by atoms with Gasteiger partial charge in [-0.25, -0.2) is 0 Å². The number of carbonyl (C=O) groups is 1. The molecule has 1 unspecified atom stereocenters. The molecule has 7 heteroatoms. The van der Waals surface area contributed by atoms with Crippen molar-refractivity contribution < 1.29 is 9.72 Å². The van der Waals surface area contributed by atoms with Crippen LogP contribution in [-0.4, -0.2) is 48.0 Å². The van der Waals surface area contributed by atoms with Gasteiger partial charge in [-0.2, -0.15) is 0 Å². The number of nitro groups is 1. The second-order valence-electron chi connectivity index (χ2n) is 6.07. The zero-order valence-corrected chi connectivity index (χ0v) is 14.2. The van der Waals surface area contributed by atoms with Crippen LogP contribution in [0.3, 0.4) is 0 Å². The third-order valence-electron chi connectivity index (χ3n) is 4.23. The van der Waals surface area contributed by atoms with E-state index in [1.165, 1.54) is 12.1 Å². The van der Waals surface area contributed by atoms with E-state index in [9.17, 15) is 14.9 Å². The summed E-state index contributed by atoms with van der Waals surface area (Å²) in [6.07, 6.45) is 3.28. The Labute approximate surface area is 142 Å². The van der Waals surface area contributed by atoms with Gasteiger partial charge in [0.05, 0.1) is 4.92 Å². The second-order valence-corrected chi connectivity index (χ2v) is 6.07. The summed E-state index contributed by atoms with van der Waals surface area (Å²) in [6, 6.07) is 6.66. The van der Waals surface area contributed by atoms with E-state index in [1.807, 2.05) is 4.90 Å². The summed E-state index contributed by atoms with van der Waals surface area (Å²) in [5, 5.41) is 17.1. The quantitative estimate of drug-likeness (QED) is 0.411.